The summed E-state index contributed by atoms with van der Waals surface area (Å²) in [6.45, 7) is 41.9. The van der Waals surface area contributed by atoms with Gasteiger partial charge in [0.2, 0.25) is 0 Å². The van der Waals surface area contributed by atoms with Gasteiger partial charge in [-0.3, -0.25) is 0 Å². The number of pyridine rings is 2. The van der Waals surface area contributed by atoms with Crippen molar-refractivity contribution in [3.8, 4) is 78.4 Å². The predicted molar refractivity (Wildman–Crippen MR) is 402 cm³/mol. The van der Waals surface area contributed by atoms with E-state index in [-0.39, 0.29) is 32.5 Å². The van der Waals surface area contributed by atoms with Gasteiger partial charge in [-0.1, -0.05) is 276 Å². The molecule has 0 saturated carbocycles. The standard InChI is InChI=1S/C88H88N6/c1-83(2,3)56-41-53(42-57(47-56)84(4,5)6)72-66-37-39-68(89-66)73(54-43-58(85(7,8)9)48-59(44-54)86(10,11)12)81-77-75(62-33-25-27-35-64(62)91-79(77)51-29-21-19-22-30-51)70(93-81)50-71-76-63-34-26-28-36-65(63)92-80(52-31-23-20-24-32-52)78(76)82(94-71)74(69-40-38-67(72)90-69)55-45-60(87(13,14)15)49-61(46-55)88(16,17)18/h19-50,89,94H,1-18H3. The smallest absolute Gasteiger partial charge is 0.0837 e. The summed E-state index contributed by atoms with van der Waals surface area (Å²) in [6.07, 6.45) is 4.53. The van der Waals surface area contributed by atoms with E-state index in [1.165, 1.54) is 33.4 Å². The fraction of sp³-hybridized carbons (Fsp3) is 0.273. The molecule has 0 amide bonds. The second kappa shape index (κ2) is 22.1. The van der Waals surface area contributed by atoms with Crippen molar-refractivity contribution in [2.24, 2.45) is 0 Å². The molecule has 5 aromatic heterocycles. The molecule has 2 aliphatic heterocycles. The van der Waals surface area contributed by atoms with Gasteiger partial charge in [0.25, 0.3) is 0 Å². The van der Waals surface area contributed by atoms with E-state index in [0.29, 0.717) is 0 Å². The molecule has 0 spiro atoms. The van der Waals surface area contributed by atoms with Crippen molar-refractivity contribution in [2.75, 3.05) is 0 Å². The molecular weight excluding hydrogens is 1140 g/mol. The fourth-order valence-corrected chi connectivity index (χ4v) is 13.8. The van der Waals surface area contributed by atoms with E-state index < -0.39 is 0 Å². The van der Waals surface area contributed by atoms with Crippen molar-refractivity contribution in [1.29, 1.82) is 0 Å². The molecule has 8 bridgehead atoms. The summed E-state index contributed by atoms with van der Waals surface area (Å²) in [5, 5.41) is 4.13. The van der Waals surface area contributed by atoms with Gasteiger partial charge in [0.05, 0.1) is 50.7 Å². The first-order valence-corrected chi connectivity index (χ1v) is 33.6. The van der Waals surface area contributed by atoms with E-state index >= 15 is 0 Å². The first kappa shape index (κ1) is 62.0. The minimum absolute atomic E-state index is 0.164. The molecular formula is C88H88N6. The van der Waals surface area contributed by atoms with Crippen molar-refractivity contribution in [1.82, 2.24) is 29.9 Å². The Morgan fingerprint density at radius 2 is 0.660 bits per heavy atom. The van der Waals surface area contributed by atoms with Crippen LogP contribution < -0.4 is 0 Å². The Morgan fingerprint density at radius 3 is 1.15 bits per heavy atom. The Balaban J connectivity index is 1.32. The third-order valence-electron chi connectivity index (χ3n) is 19.4. The van der Waals surface area contributed by atoms with Crippen LogP contribution in [0.25, 0.3) is 145 Å². The molecule has 14 rings (SSSR count). The lowest BCUT2D eigenvalue weighted by Crippen LogP contribution is -2.16. The monoisotopic (exact) mass is 1230 g/mol. The molecule has 6 nitrogen and oxygen atoms in total. The average molecular weight is 1230 g/mol. The second-order valence-electron chi connectivity index (χ2n) is 32.6. The minimum Gasteiger partial charge on any atom is -0.354 e. The number of fused-ring (bicyclic) bond motifs is 18. The quantitative estimate of drug-likeness (QED) is 0.180. The molecule has 470 valence electrons. The summed E-state index contributed by atoms with van der Waals surface area (Å²) >= 11 is 0. The van der Waals surface area contributed by atoms with Crippen molar-refractivity contribution in [2.45, 2.75) is 157 Å². The zero-order valence-electron chi connectivity index (χ0n) is 58.3. The third-order valence-corrected chi connectivity index (χ3v) is 19.4. The number of H-pyrrole nitrogens is 2. The summed E-state index contributed by atoms with van der Waals surface area (Å²) in [5.74, 6) is 0. The minimum atomic E-state index is -0.186. The summed E-state index contributed by atoms with van der Waals surface area (Å²) in [4.78, 5) is 32.4. The number of hydrogen-bond acceptors (Lipinski definition) is 4. The van der Waals surface area contributed by atoms with Crippen LogP contribution in [-0.4, -0.2) is 29.9 Å². The molecule has 12 aromatic rings. The molecule has 0 aliphatic carbocycles. The molecule has 7 aromatic carbocycles. The van der Waals surface area contributed by atoms with Crippen molar-refractivity contribution < 1.29 is 0 Å². The van der Waals surface area contributed by atoms with E-state index in [0.717, 1.165) is 144 Å². The van der Waals surface area contributed by atoms with Gasteiger partial charge in [-0.05, 0) is 125 Å². The highest BCUT2D eigenvalue weighted by atomic mass is 14.8. The molecule has 6 heteroatoms. The van der Waals surface area contributed by atoms with Crippen LogP contribution in [0.1, 0.15) is 169 Å². The highest BCUT2D eigenvalue weighted by Crippen LogP contribution is 2.52. The fourth-order valence-electron chi connectivity index (χ4n) is 13.8. The van der Waals surface area contributed by atoms with Crippen LogP contribution in [0.3, 0.4) is 0 Å². The lowest BCUT2D eigenvalue weighted by molar-refractivity contribution is 0.568. The molecule has 0 radical (unpaired) electrons. The number of aromatic nitrogens is 6. The zero-order chi connectivity index (χ0) is 66.3. The molecule has 0 fully saturated rings. The SMILES string of the molecule is CC(C)(C)c1cc(-c2c3nc(c(-c4cc(C(C)(C)C)cc(C(C)(C)C)c4)c4[nH]c(cc5nc(c(-c6cc(C(C)(C)C)cc(C(C)(C)C)c6)c6ccc2[nH]6)-c2c(-c6ccccc6)nc6ccccc6c2-5)c2c5ccccc5nc(-c5ccccc5)c42)C=C3)cc(C(C)(C)C)c1. The number of hydrogen-bond donors (Lipinski definition) is 2. The Morgan fingerprint density at radius 1 is 0.266 bits per heavy atom. The van der Waals surface area contributed by atoms with Crippen LogP contribution >= 0.6 is 0 Å². The van der Waals surface area contributed by atoms with Crippen molar-refractivity contribution in [3.63, 3.8) is 0 Å². The van der Waals surface area contributed by atoms with Crippen LogP contribution in [0.15, 0.2) is 182 Å². The number of nitrogens with zero attached hydrogens (tertiary/aromatic N) is 4. The largest absolute Gasteiger partial charge is 0.354 e. The lowest BCUT2D eigenvalue weighted by atomic mass is 9.78. The van der Waals surface area contributed by atoms with Gasteiger partial charge >= 0.3 is 0 Å². The van der Waals surface area contributed by atoms with Gasteiger partial charge in [0, 0.05) is 77.0 Å². The second-order valence-corrected chi connectivity index (χ2v) is 32.6. The normalized spacial score (nSPS) is 13.2. The number of benzene rings is 7. The van der Waals surface area contributed by atoms with Gasteiger partial charge in [-0.15, -0.1) is 0 Å². The summed E-state index contributed by atoms with van der Waals surface area (Å²) in [6, 6.07) is 67.5. The van der Waals surface area contributed by atoms with E-state index in [2.05, 4.69) is 329 Å². The highest BCUT2D eigenvalue weighted by Gasteiger charge is 2.33. The lowest BCUT2D eigenvalue weighted by Gasteiger charge is -2.26. The molecule has 7 heterocycles. The first-order chi connectivity index (χ1) is 44.4. The topological polar surface area (TPSA) is 83.1 Å². The number of aromatic amines is 2. The highest BCUT2D eigenvalue weighted by molar-refractivity contribution is 6.26. The Labute approximate surface area is 555 Å². The van der Waals surface area contributed by atoms with Crippen molar-refractivity contribution >= 4 is 66.8 Å². The zero-order valence-corrected chi connectivity index (χ0v) is 58.3. The van der Waals surface area contributed by atoms with E-state index in [1.807, 2.05) is 0 Å². The Hall–Kier alpha value is -9.52. The molecule has 0 atom stereocenters. The molecule has 0 saturated heterocycles. The molecule has 0 unspecified atom stereocenters. The number of nitrogens with one attached hydrogen (secondary N) is 2. The van der Waals surface area contributed by atoms with Crippen LogP contribution in [-0.2, 0) is 32.5 Å². The molecule has 94 heavy (non-hydrogen) atoms. The molecule has 2 N–H and O–H groups in total. The van der Waals surface area contributed by atoms with Gasteiger partial charge in [0.15, 0.2) is 0 Å². The van der Waals surface area contributed by atoms with Gasteiger partial charge in [0.1, 0.15) is 0 Å². The van der Waals surface area contributed by atoms with Crippen LogP contribution in [0.4, 0.5) is 0 Å². The summed E-state index contributed by atoms with van der Waals surface area (Å²) in [5.41, 5.74) is 27.4. The van der Waals surface area contributed by atoms with E-state index in [1.54, 1.807) is 0 Å². The van der Waals surface area contributed by atoms with Crippen molar-refractivity contribution in [3.05, 3.63) is 227 Å². The van der Waals surface area contributed by atoms with Gasteiger partial charge < -0.3 is 9.97 Å². The number of para-hydroxylation sites is 2. The molecule has 2 aliphatic rings. The first-order valence-electron chi connectivity index (χ1n) is 33.6. The third kappa shape index (κ3) is 11.1. The van der Waals surface area contributed by atoms with Crippen LogP contribution in [0, 0.1) is 0 Å². The average Bonchev–Trinajstić information content (AvgIpc) is 1.55. The van der Waals surface area contributed by atoms with E-state index in [9.17, 15) is 0 Å². The summed E-state index contributed by atoms with van der Waals surface area (Å²) in [7, 11) is 0. The van der Waals surface area contributed by atoms with Crippen LogP contribution in [0.2, 0.25) is 0 Å². The Bertz CT molecular complexity index is 5180. The maximum absolute atomic E-state index is 6.24. The van der Waals surface area contributed by atoms with Gasteiger partial charge in [-0.25, -0.2) is 19.9 Å². The Kier molecular flexibility index (Phi) is 14.5. The number of rotatable bonds is 5. The van der Waals surface area contributed by atoms with Crippen LogP contribution in [0.5, 0.6) is 0 Å². The predicted octanol–water partition coefficient (Wildman–Crippen LogP) is 24.2. The van der Waals surface area contributed by atoms with Gasteiger partial charge in [-0.2, -0.15) is 0 Å². The van der Waals surface area contributed by atoms with E-state index in [4.69, 9.17) is 19.9 Å². The maximum atomic E-state index is 6.24. The maximum Gasteiger partial charge on any atom is 0.0837 e. The summed E-state index contributed by atoms with van der Waals surface area (Å²) < 4.78 is 0.